The molecular weight excluding hydrogens is 1310 g/mol. The summed E-state index contributed by atoms with van der Waals surface area (Å²) in [7, 11) is 0. The second-order valence-corrected chi connectivity index (χ2v) is 35.8. The molecular formula is C94H64N4P2S2. The number of allylic oxidation sites excluding steroid dienone is 2. The van der Waals surface area contributed by atoms with E-state index in [1.165, 1.54) is 109 Å². The Kier molecular flexibility index (Phi) is 14.3. The zero-order chi connectivity index (χ0) is 67.6. The Morgan fingerprint density at radius 3 is 0.971 bits per heavy atom. The highest BCUT2D eigenvalue weighted by Crippen LogP contribution is 2.61. The van der Waals surface area contributed by atoms with Gasteiger partial charge in [-0.05, 0) is 218 Å². The Morgan fingerprint density at radius 1 is 0.235 bits per heavy atom. The van der Waals surface area contributed by atoms with Crippen LogP contribution >= 0.6 is 12.1 Å². The van der Waals surface area contributed by atoms with Crippen molar-refractivity contribution >= 4 is 191 Å². The highest BCUT2D eigenvalue weighted by Gasteiger charge is 2.37. The van der Waals surface area contributed by atoms with Crippen LogP contribution in [0.4, 0.5) is 68.2 Å². The van der Waals surface area contributed by atoms with Crippen molar-refractivity contribution in [2.24, 2.45) is 0 Å². The molecule has 20 rings (SSSR count). The van der Waals surface area contributed by atoms with Gasteiger partial charge >= 0.3 is 0 Å². The van der Waals surface area contributed by atoms with Crippen LogP contribution in [-0.4, -0.2) is 0 Å². The van der Waals surface area contributed by atoms with Crippen LogP contribution < -0.4 is 51.4 Å². The molecule has 2 aliphatic heterocycles. The number of para-hydroxylation sites is 4. The molecule has 0 bridgehead atoms. The summed E-state index contributed by atoms with van der Waals surface area (Å²) in [4.78, 5) is 10.0. The quantitative estimate of drug-likeness (QED) is 0.119. The van der Waals surface area contributed by atoms with E-state index in [1.807, 2.05) is 0 Å². The summed E-state index contributed by atoms with van der Waals surface area (Å²) in [5.41, 5.74) is 21.0. The summed E-state index contributed by atoms with van der Waals surface area (Å²) in [5.74, 6) is 0. The van der Waals surface area contributed by atoms with Crippen LogP contribution in [0.1, 0.15) is 22.3 Å². The maximum absolute atomic E-state index is 6.85. The number of nitrogens with zero attached hydrogens (tertiary/aromatic N) is 4. The molecule has 16 aromatic carbocycles. The number of hydrogen-bond donors (Lipinski definition) is 0. The van der Waals surface area contributed by atoms with Crippen molar-refractivity contribution in [3.8, 4) is 11.1 Å². The SMILES string of the molecule is S=P(c1ccccc1)(c1ccccc1)c1ccc2cc(N3c4ccccc4N(c4ccc(-c5ccc(N6c7ccccc7N(c7ccc8cc(P(=S)(c9ccccc9)c9ccccc9)ccc8c7)c7c6cc6cccc8c6c7CC=C8)cc5)cc4)c4c3cc3cccc5c3c4CC=C5)ccc2c1. The first-order valence-corrected chi connectivity index (χ1v) is 40.5. The third kappa shape index (κ3) is 9.55. The first-order chi connectivity index (χ1) is 50.3. The minimum Gasteiger partial charge on any atom is -0.306 e. The zero-order valence-corrected chi connectivity index (χ0v) is 59.0. The molecule has 0 amide bonds. The van der Waals surface area contributed by atoms with E-state index in [0.29, 0.717) is 0 Å². The minimum absolute atomic E-state index is 0.815. The standard InChI is InChI=1S/C94H64N4P2S2/c101-99(77-27-5-1-6-28-77,78-29-7-2-8-30-78)81-55-47-67-57-75(53-45-69(67)59-81)96-86-38-14-15-39-87(86)97(93-83-35-19-23-65-21-18-26-72(91(65)83)62-90(93)96)74-51-43-64(44-52-74)63-41-49-73(50-42-63)95-85-37-13-16-40-88(85)98(94-84-36-20-24-66-22-17-25-71(92(66)84)61-89(94)95)76-54-46-70-60-82(56-48-68(70)58-76)100(102,79-31-9-3-10-32-79)80-33-11-4-12-34-80/h1-34,37-62H,35-36H2. The predicted molar refractivity (Wildman–Crippen MR) is 445 cm³/mol. The summed E-state index contributed by atoms with van der Waals surface area (Å²) in [5, 5.41) is 16.9. The molecule has 102 heavy (non-hydrogen) atoms. The lowest BCUT2D eigenvalue weighted by Crippen LogP contribution is -2.26. The van der Waals surface area contributed by atoms with E-state index in [0.717, 1.165) is 80.8 Å². The molecule has 2 heterocycles. The summed E-state index contributed by atoms with van der Waals surface area (Å²) < 4.78 is 0. The average molecular weight is 1380 g/mol. The van der Waals surface area contributed by atoms with Gasteiger partial charge in [0.05, 0.1) is 45.5 Å². The van der Waals surface area contributed by atoms with Crippen molar-refractivity contribution in [2.45, 2.75) is 12.8 Å². The average Bonchev–Trinajstić information content (AvgIpc) is 0.703. The monoisotopic (exact) mass is 1370 g/mol. The second kappa shape index (κ2) is 24.1. The molecule has 8 heteroatoms. The fraction of sp³-hybridized carbons (Fsp3) is 0.0213. The van der Waals surface area contributed by atoms with Crippen molar-refractivity contribution in [3.63, 3.8) is 0 Å². The Hall–Kier alpha value is -11.5. The Bertz CT molecular complexity index is 6190. The van der Waals surface area contributed by atoms with Gasteiger partial charge in [0, 0.05) is 34.8 Å². The van der Waals surface area contributed by atoms with Gasteiger partial charge in [-0.2, -0.15) is 0 Å². The van der Waals surface area contributed by atoms with Crippen LogP contribution in [0.25, 0.3) is 66.4 Å². The summed E-state index contributed by atoms with van der Waals surface area (Å²) in [6.07, 6.45) is 10.9. The Balaban J connectivity index is 0.660. The lowest BCUT2D eigenvalue weighted by molar-refractivity contribution is 1.14. The Labute approximate surface area is 604 Å². The molecule has 16 aromatic rings. The molecule has 0 saturated heterocycles. The summed E-state index contributed by atoms with van der Waals surface area (Å²) >= 11 is 13.7. The highest BCUT2D eigenvalue weighted by molar-refractivity contribution is 8.26. The van der Waals surface area contributed by atoms with E-state index < -0.39 is 12.1 Å². The summed E-state index contributed by atoms with van der Waals surface area (Å²) in [6, 6.07) is 121. The van der Waals surface area contributed by atoms with Gasteiger partial charge in [0.1, 0.15) is 0 Å². The van der Waals surface area contributed by atoms with E-state index >= 15 is 0 Å². The molecule has 4 nitrogen and oxygen atoms in total. The van der Waals surface area contributed by atoms with Crippen molar-refractivity contribution in [1.82, 2.24) is 0 Å². The number of benzene rings is 16. The molecule has 2 aliphatic carbocycles. The smallest absolute Gasteiger partial charge is 0.0745 e. The van der Waals surface area contributed by atoms with E-state index in [2.05, 4.69) is 384 Å². The number of rotatable bonds is 11. The van der Waals surface area contributed by atoms with Crippen LogP contribution in [0.3, 0.4) is 0 Å². The lowest BCUT2D eigenvalue weighted by Gasteiger charge is -2.42. The fourth-order valence-electron chi connectivity index (χ4n) is 16.7. The van der Waals surface area contributed by atoms with Gasteiger partial charge in [-0.25, -0.2) is 0 Å². The zero-order valence-electron chi connectivity index (χ0n) is 55.6. The molecule has 482 valence electrons. The van der Waals surface area contributed by atoms with Crippen LogP contribution in [0.2, 0.25) is 0 Å². The van der Waals surface area contributed by atoms with Crippen molar-refractivity contribution in [2.75, 3.05) is 19.6 Å². The van der Waals surface area contributed by atoms with Gasteiger partial charge in [-0.1, -0.05) is 291 Å². The normalized spacial score (nSPS) is 13.5. The topological polar surface area (TPSA) is 13.0 Å². The van der Waals surface area contributed by atoms with E-state index in [1.54, 1.807) is 0 Å². The molecule has 0 saturated carbocycles. The van der Waals surface area contributed by atoms with Crippen LogP contribution in [0.5, 0.6) is 0 Å². The number of anilines is 12. The fourth-order valence-corrected chi connectivity index (χ4v) is 24.2. The van der Waals surface area contributed by atoms with Crippen molar-refractivity contribution in [1.29, 1.82) is 0 Å². The van der Waals surface area contributed by atoms with Crippen molar-refractivity contribution < 1.29 is 0 Å². The third-order valence-electron chi connectivity index (χ3n) is 21.3. The van der Waals surface area contributed by atoms with E-state index in [9.17, 15) is 0 Å². The van der Waals surface area contributed by atoms with Gasteiger partial charge in [-0.3, -0.25) is 0 Å². The molecule has 0 fully saturated rings. The van der Waals surface area contributed by atoms with Gasteiger partial charge in [0.25, 0.3) is 0 Å². The predicted octanol–water partition coefficient (Wildman–Crippen LogP) is 23.1. The molecule has 0 radical (unpaired) electrons. The lowest BCUT2D eigenvalue weighted by atomic mass is 9.88. The molecule has 4 aliphatic rings. The summed E-state index contributed by atoms with van der Waals surface area (Å²) in [6.45, 7) is 0. The number of hydrogen-bond acceptors (Lipinski definition) is 6. The van der Waals surface area contributed by atoms with Crippen LogP contribution in [-0.2, 0) is 36.5 Å². The third-order valence-corrected chi connectivity index (χ3v) is 31.2. The molecule has 0 spiro atoms. The van der Waals surface area contributed by atoms with Gasteiger partial charge in [-0.15, -0.1) is 0 Å². The van der Waals surface area contributed by atoms with Crippen LogP contribution in [0.15, 0.2) is 352 Å². The van der Waals surface area contributed by atoms with Gasteiger partial charge in [0.2, 0.25) is 0 Å². The van der Waals surface area contributed by atoms with Gasteiger partial charge < -0.3 is 19.6 Å². The Morgan fingerprint density at radius 2 is 0.559 bits per heavy atom. The largest absolute Gasteiger partial charge is 0.306 e. The minimum atomic E-state index is -2.36. The van der Waals surface area contributed by atoms with Crippen LogP contribution in [0, 0.1) is 0 Å². The molecule has 0 aromatic heterocycles. The van der Waals surface area contributed by atoms with E-state index in [-0.39, 0.29) is 0 Å². The number of fused-ring (bicyclic) bond motifs is 8. The van der Waals surface area contributed by atoms with Gasteiger partial charge in [0.15, 0.2) is 0 Å². The molecule has 0 N–H and O–H groups in total. The molecule has 0 atom stereocenters. The maximum atomic E-state index is 6.85. The van der Waals surface area contributed by atoms with Crippen molar-refractivity contribution in [3.05, 3.63) is 374 Å². The first-order valence-electron chi connectivity index (χ1n) is 34.9. The van der Waals surface area contributed by atoms with E-state index in [4.69, 9.17) is 23.6 Å². The highest BCUT2D eigenvalue weighted by atomic mass is 32.4. The maximum Gasteiger partial charge on any atom is 0.0745 e. The first kappa shape index (κ1) is 60.5. The second-order valence-electron chi connectivity index (χ2n) is 27.0. The molecule has 0 unspecified atom stereocenters.